The van der Waals surface area contributed by atoms with Crippen LogP contribution in [0.2, 0.25) is 0 Å². The van der Waals surface area contributed by atoms with Crippen LogP contribution >= 0.6 is 0 Å². The number of Topliss-reactive ketones (excluding diaryl/α,β-unsaturated/α-hetero) is 1. The summed E-state index contributed by atoms with van der Waals surface area (Å²) < 4.78 is 16.6. The number of carbonyl (C=O) groups is 3. The van der Waals surface area contributed by atoms with Crippen molar-refractivity contribution in [1.29, 1.82) is 0 Å². The number of hydrogen-bond acceptors (Lipinski definition) is 10. The van der Waals surface area contributed by atoms with E-state index in [0.29, 0.717) is 12.8 Å². The van der Waals surface area contributed by atoms with E-state index >= 15 is 0 Å². The Labute approximate surface area is 196 Å². The largest absolute Gasteiger partial charge is 0.493 e. The second-order valence-electron chi connectivity index (χ2n) is 8.17. The third-order valence-electron chi connectivity index (χ3n) is 5.46. The highest BCUT2D eigenvalue weighted by molar-refractivity contribution is 5.77. The number of nitrogens with one attached hydrogen (secondary N) is 1. The summed E-state index contributed by atoms with van der Waals surface area (Å²) in [5.41, 5.74) is 0.735. The Morgan fingerprint density at radius 2 is 1.91 bits per heavy atom. The second-order valence-corrected chi connectivity index (χ2v) is 8.17. The smallest absolute Gasteiger partial charge is 0.377 e. The molecule has 1 amide bonds. The van der Waals surface area contributed by atoms with Crippen LogP contribution in [-0.2, 0) is 25.5 Å². The maximum absolute atomic E-state index is 12.3. The predicted molar refractivity (Wildman–Crippen MR) is 115 cm³/mol. The Bertz CT molecular complexity index is 892. The topological polar surface area (TPSA) is 192 Å². The van der Waals surface area contributed by atoms with Gasteiger partial charge in [-0.25, -0.2) is 4.79 Å². The van der Waals surface area contributed by atoms with Crippen molar-refractivity contribution in [3.05, 3.63) is 23.8 Å². The van der Waals surface area contributed by atoms with Gasteiger partial charge >= 0.3 is 11.8 Å². The fourth-order valence-electron chi connectivity index (χ4n) is 3.68. The third-order valence-corrected chi connectivity index (χ3v) is 5.46. The van der Waals surface area contributed by atoms with Crippen LogP contribution in [0.25, 0.3) is 0 Å². The number of aliphatic hydroxyl groups is 4. The number of ether oxygens (including phenoxy) is 3. The maximum Gasteiger partial charge on any atom is 0.377 e. The molecule has 12 nitrogen and oxygen atoms in total. The number of aliphatic hydroxyl groups excluding tert-OH is 4. The Balaban J connectivity index is 2.43. The van der Waals surface area contributed by atoms with E-state index in [1.165, 1.54) is 20.1 Å². The summed E-state index contributed by atoms with van der Waals surface area (Å²) in [6.07, 6.45) is -6.79. The molecule has 1 heterocycles. The summed E-state index contributed by atoms with van der Waals surface area (Å²) >= 11 is 0. The number of rotatable bonds is 11. The van der Waals surface area contributed by atoms with Crippen LogP contribution in [0.3, 0.4) is 0 Å². The maximum atomic E-state index is 12.3. The van der Waals surface area contributed by atoms with Crippen LogP contribution in [0, 0.1) is 0 Å². The van der Waals surface area contributed by atoms with E-state index in [0.717, 1.165) is 12.5 Å². The van der Waals surface area contributed by atoms with Gasteiger partial charge in [0.1, 0.15) is 24.1 Å². The first-order valence-corrected chi connectivity index (χ1v) is 10.6. The summed E-state index contributed by atoms with van der Waals surface area (Å²) in [5.74, 6) is -4.71. The molecule has 0 spiro atoms. The van der Waals surface area contributed by atoms with E-state index in [1.54, 1.807) is 12.1 Å². The van der Waals surface area contributed by atoms with Gasteiger partial charge in [0.25, 0.3) is 0 Å². The Morgan fingerprint density at radius 1 is 1.24 bits per heavy atom. The van der Waals surface area contributed by atoms with Crippen LogP contribution in [0.4, 0.5) is 0 Å². The molecule has 1 aliphatic heterocycles. The molecule has 6 N–H and O–H groups in total. The van der Waals surface area contributed by atoms with E-state index in [2.05, 4.69) is 5.32 Å². The van der Waals surface area contributed by atoms with E-state index in [4.69, 9.17) is 14.2 Å². The minimum atomic E-state index is -2.54. The van der Waals surface area contributed by atoms with E-state index in [1.807, 2.05) is 0 Å². The molecule has 6 atom stereocenters. The quantitative estimate of drug-likeness (QED) is 0.219. The highest BCUT2D eigenvalue weighted by Gasteiger charge is 2.57. The van der Waals surface area contributed by atoms with Crippen molar-refractivity contribution in [2.24, 2.45) is 0 Å². The summed E-state index contributed by atoms with van der Waals surface area (Å²) in [6.45, 7) is 1.72. The van der Waals surface area contributed by atoms with Crippen LogP contribution in [0.15, 0.2) is 18.2 Å². The normalized spacial score (nSPS) is 26.3. The number of ketones is 1. The summed E-state index contributed by atoms with van der Waals surface area (Å²) in [6, 6.07) is 3.29. The predicted octanol–water partition coefficient (Wildman–Crippen LogP) is -1.25. The van der Waals surface area contributed by atoms with Crippen molar-refractivity contribution in [3.8, 4) is 11.5 Å². The lowest BCUT2D eigenvalue weighted by atomic mass is 9.88. The van der Waals surface area contributed by atoms with Crippen LogP contribution in [0.5, 0.6) is 11.5 Å². The average molecular weight is 485 g/mol. The van der Waals surface area contributed by atoms with Crippen molar-refractivity contribution < 1.29 is 54.1 Å². The number of aliphatic carboxylic acids is 1. The molecular formula is C22H31NO11. The van der Waals surface area contributed by atoms with Crippen LogP contribution in [0.1, 0.15) is 32.3 Å². The molecule has 0 aromatic heterocycles. The van der Waals surface area contributed by atoms with E-state index in [9.17, 15) is 39.9 Å². The number of carboxylic acid groups (broad SMARTS) is 1. The molecule has 1 aliphatic rings. The molecule has 0 radical (unpaired) electrons. The van der Waals surface area contributed by atoms with Gasteiger partial charge in [0.15, 0.2) is 11.5 Å². The molecule has 12 heteroatoms. The van der Waals surface area contributed by atoms with Crippen LogP contribution < -0.4 is 14.8 Å². The number of hydrogen-bond donors (Lipinski definition) is 6. The number of amides is 1. The molecule has 0 saturated carbocycles. The molecule has 1 saturated heterocycles. The molecule has 6 unspecified atom stereocenters. The molecule has 1 aromatic carbocycles. The summed E-state index contributed by atoms with van der Waals surface area (Å²) in [4.78, 5) is 35.1. The number of methoxy groups -OCH3 is 1. The first-order chi connectivity index (χ1) is 15.9. The number of carboxylic acids is 1. The summed E-state index contributed by atoms with van der Waals surface area (Å²) in [7, 11) is 1.33. The highest BCUT2D eigenvalue weighted by atomic mass is 16.7. The fraction of sp³-hybridized carbons (Fsp3) is 0.591. The lowest BCUT2D eigenvalue weighted by Gasteiger charge is -2.46. The average Bonchev–Trinajstić information content (AvgIpc) is 2.78. The van der Waals surface area contributed by atoms with Gasteiger partial charge < -0.3 is 49.9 Å². The highest BCUT2D eigenvalue weighted by Crippen LogP contribution is 2.38. The number of benzene rings is 1. The van der Waals surface area contributed by atoms with Gasteiger partial charge in [-0.2, -0.15) is 0 Å². The van der Waals surface area contributed by atoms with Crippen molar-refractivity contribution in [1.82, 2.24) is 5.32 Å². The van der Waals surface area contributed by atoms with Gasteiger partial charge in [-0.3, -0.25) is 4.79 Å². The van der Waals surface area contributed by atoms with Gasteiger partial charge in [-0.1, -0.05) is 6.07 Å². The minimum absolute atomic E-state index is 0.00268. The molecule has 1 fully saturated rings. The zero-order chi connectivity index (χ0) is 25.6. The fourth-order valence-corrected chi connectivity index (χ4v) is 3.68. The molecule has 0 bridgehead atoms. The monoisotopic (exact) mass is 485 g/mol. The van der Waals surface area contributed by atoms with Gasteiger partial charge in [0.2, 0.25) is 5.91 Å². The molecule has 190 valence electrons. The first kappa shape index (κ1) is 27.5. The van der Waals surface area contributed by atoms with Gasteiger partial charge in [-0.15, -0.1) is 0 Å². The van der Waals surface area contributed by atoms with E-state index < -0.39 is 61.1 Å². The molecule has 34 heavy (non-hydrogen) atoms. The third kappa shape index (κ3) is 6.42. The molecule has 0 aliphatic carbocycles. The molecule has 2 rings (SSSR count). The van der Waals surface area contributed by atoms with Crippen molar-refractivity contribution in [2.45, 2.75) is 69.4 Å². The lowest BCUT2D eigenvalue weighted by molar-refractivity contribution is -0.284. The van der Waals surface area contributed by atoms with Gasteiger partial charge in [-0.05, 0) is 31.0 Å². The standard InChI is InChI=1S/C22H31NO11/c1-11(25)4-5-13-6-7-16(17(8-13)32-3)33-22(21(30)31)9-14(27)18(23-12(2)26)20(34-22)19(29)15(28)10-24/h6-8,14-15,18-20,24,27-29H,4-5,9-10H2,1-3H3,(H,23,26)(H,30,31). The number of carbonyl (C=O) groups excluding carboxylic acids is 2. The zero-order valence-corrected chi connectivity index (χ0v) is 19.1. The van der Waals surface area contributed by atoms with Gasteiger partial charge in [0.05, 0.1) is 32.3 Å². The Morgan fingerprint density at radius 3 is 2.44 bits per heavy atom. The van der Waals surface area contributed by atoms with Crippen molar-refractivity contribution >= 4 is 17.7 Å². The molecular weight excluding hydrogens is 454 g/mol. The van der Waals surface area contributed by atoms with Crippen molar-refractivity contribution in [2.75, 3.05) is 13.7 Å². The summed E-state index contributed by atoms with van der Waals surface area (Å²) in [5, 5.41) is 52.6. The van der Waals surface area contributed by atoms with Gasteiger partial charge in [0, 0.05) is 13.3 Å². The SMILES string of the molecule is COc1cc(CCC(C)=O)ccc1OC1(C(=O)O)CC(O)C(NC(C)=O)C(C(O)C(O)CO)O1. The number of aryl methyl sites for hydroxylation is 1. The lowest BCUT2D eigenvalue weighted by Crippen LogP contribution is -2.68. The van der Waals surface area contributed by atoms with Crippen molar-refractivity contribution in [3.63, 3.8) is 0 Å². The Hall–Kier alpha value is -2.77. The zero-order valence-electron chi connectivity index (χ0n) is 19.1. The first-order valence-electron chi connectivity index (χ1n) is 10.6. The van der Waals surface area contributed by atoms with Crippen LogP contribution in [-0.4, -0.2) is 93.2 Å². The second kappa shape index (κ2) is 11.6. The Kier molecular flexibility index (Phi) is 9.36. The molecule has 1 aromatic rings. The minimum Gasteiger partial charge on any atom is -0.493 e. The van der Waals surface area contributed by atoms with E-state index in [-0.39, 0.29) is 17.3 Å².